The van der Waals surface area contributed by atoms with Crippen LogP contribution in [0.2, 0.25) is 0 Å². The van der Waals surface area contributed by atoms with Crippen molar-refractivity contribution < 1.29 is 9.53 Å². The second-order valence-electron chi connectivity index (χ2n) is 6.90. The average Bonchev–Trinajstić information content (AvgIpc) is 2.93. The number of alkyl carbamates (subject to hydrolysis) is 1. The van der Waals surface area contributed by atoms with Gasteiger partial charge in [0, 0.05) is 12.2 Å². The average molecular weight is 408 g/mol. The molecule has 0 atom stereocenters. The zero-order valence-corrected chi connectivity index (χ0v) is 18.8. The maximum atomic E-state index is 11.7. The number of hydrogen-bond donors (Lipinski definition) is 2. The Bertz CT molecular complexity index is 751. The molecular weight excluding hydrogens is 374 g/mol. The second kappa shape index (κ2) is 10.9. The summed E-state index contributed by atoms with van der Waals surface area (Å²) in [6.07, 6.45) is 2.06. The molecule has 2 aromatic heterocycles. The van der Waals surface area contributed by atoms with Gasteiger partial charge in [0.2, 0.25) is 0 Å². The lowest BCUT2D eigenvalue weighted by molar-refractivity contribution is 0.0525. The molecule has 28 heavy (non-hydrogen) atoms. The van der Waals surface area contributed by atoms with Crippen LogP contribution in [0.3, 0.4) is 0 Å². The van der Waals surface area contributed by atoms with Crippen LogP contribution in [0.4, 0.5) is 10.5 Å². The third kappa shape index (κ3) is 7.42. The van der Waals surface area contributed by atoms with Gasteiger partial charge in [0.05, 0.1) is 29.0 Å². The number of nitrogen functional groups attached to an aromatic ring is 1. The predicted octanol–water partition coefficient (Wildman–Crippen LogP) is 4.43. The minimum atomic E-state index is -0.503. The largest absolute Gasteiger partial charge is 0.444 e. The fourth-order valence-electron chi connectivity index (χ4n) is 2.31. The van der Waals surface area contributed by atoms with Crippen LogP contribution in [0.25, 0.3) is 0 Å². The van der Waals surface area contributed by atoms with Crippen molar-refractivity contribution in [2.24, 2.45) is 0 Å². The molecule has 0 aliphatic rings. The molecule has 0 fully saturated rings. The number of rotatable bonds is 6. The van der Waals surface area contributed by atoms with Crippen LogP contribution in [-0.2, 0) is 17.7 Å². The number of nitrogens with two attached hydrogens (primary N) is 1. The standard InChI is InChI=1S/C18H27N5O2S.C2H6/c1-6-14-16(26-15-8-7-13(19)11-21-15)12(2)23(22-14)10-9-20-17(24)25-18(3,4)5;1-2/h7-8,11H,6,9-10,19H2,1-5H3,(H,20,24);1-2H3. The highest BCUT2D eigenvalue weighted by atomic mass is 32.2. The summed E-state index contributed by atoms with van der Waals surface area (Å²) in [6.45, 7) is 14.6. The molecule has 0 unspecified atom stereocenters. The molecule has 7 nitrogen and oxygen atoms in total. The first-order chi connectivity index (χ1) is 13.2. The van der Waals surface area contributed by atoms with Gasteiger partial charge in [-0.3, -0.25) is 4.68 Å². The van der Waals surface area contributed by atoms with E-state index in [2.05, 4.69) is 22.3 Å². The Morgan fingerprint density at radius 2 is 2.00 bits per heavy atom. The van der Waals surface area contributed by atoms with Crippen LogP contribution in [-0.4, -0.2) is 33.0 Å². The number of aromatic nitrogens is 3. The molecule has 2 rings (SSSR count). The van der Waals surface area contributed by atoms with Crippen LogP contribution in [0, 0.1) is 6.92 Å². The van der Waals surface area contributed by atoms with Crippen LogP contribution in [0.15, 0.2) is 28.3 Å². The topological polar surface area (TPSA) is 95.1 Å². The van der Waals surface area contributed by atoms with Crippen molar-refractivity contribution in [1.29, 1.82) is 0 Å². The van der Waals surface area contributed by atoms with E-state index in [0.717, 1.165) is 27.7 Å². The lowest BCUT2D eigenvalue weighted by Crippen LogP contribution is -2.34. The van der Waals surface area contributed by atoms with E-state index in [9.17, 15) is 4.79 Å². The Labute approximate surface area is 172 Å². The van der Waals surface area contributed by atoms with Gasteiger partial charge in [-0.15, -0.1) is 0 Å². The zero-order valence-electron chi connectivity index (χ0n) is 18.0. The maximum absolute atomic E-state index is 11.7. The summed E-state index contributed by atoms with van der Waals surface area (Å²) in [4.78, 5) is 17.2. The van der Waals surface area contributed by atoms with Crippen molar-refractivity contribution in [1.82, 2.24) is 20.1 Å². The number of amides is 1. The normalized spacial score (nSPS) is 10.8. The number of ether oxygens (including phenoxy) is 1. The number of carbonyl (C=O) groups excluding carboxylic acids is 1. The molecule has 1 amide bonds. The summed E-state index contributed by atoms with van der Waals surface area (Å²) in [7, 11) is 0. The fourth-order valence-corrected chi connectivity index (χ4v) is 3.32. The van der Waals surface area contributed by atoms with E-state index in [0.29, 0.717) is 18.8 Å². The number of aryl methyl sites for hydroxylation is 1. The molecule has 0 aliphatic carbocycles. The molecule has 0 saturated heterocycles. The zero-order chi connectivity index (χ0) is 21.3. The fraction of sp³-hybridized carbons (Fsp3) is 0.550. The Hall–Kier alpha value is -2.22. The second-order valence-corrected chi connectivity index (χ2v) is 7.93. The van der Waals surface area contributed by atoms with Gasteiger partial charge in [-0.05, 0) is 46.2 Å². The Morgan fingerprint density at radius 1 is 1.32 bits per heavy atom. The van der Waals surface area contributed by atoms with Gasteiger partial charge in [0.25, 0.3) is 0 Å². The van der Waals surface area contributed by atoms with Gasteiger partial charge in [0.1, 0.15) is 10.6 Å². The van der Waals surface area contributed by atoms with Crippen molar-refractivity contribution in [3.63, 3.8) is 0 Å². The summed E-state index contributed by atoms with van der Waals surface area (Å²) < 4.78 is 7.15. The monoisotopic (exact) mass is 407 g/mol. The van der Waals surface area contributed by atoms with E-state index in [1.165, 1.54) is 0 Å². The highest BCUT2D eigenvalue weighted by Gasteiger charge is 2.17. The molecule has 156 valence electrons. The summed E-state index contributed by atoms with van der Waals surface area (Å²) in [5.74, 6) is 0. The number of carbonyl (C=O) groups is 1. The minimum absolute atomic E-state index is 0.418. The highest BCUT2D eigenvalue weighted by Crippen LogP contribution is 2.32. The Balaban J connectivity index is 0.00000190. The highest BCUT2D eigenvalue weighted by molar-refractivity contribution is 7.99. The SMILES string of the molecule is CC.CCc1nn(CCNC(=O)OC(C)(C)C)c(C)c1Sc1ccc(N)cn1. The predicted molar refractivity (Wildman–Crippen MR) is 115 cm³/mol. The molecular formula is C20H33N5O2S. The number of anilines is 1. The molecule has 0 radical (unpaired) electrons. The van der Waals surface area contributed by atoms with Gasteiger partial charge < -0.3 is 15.8 Å². The first kappa shape index (κ1) is 23.8. The summed E-state index contributed by atoms with van der Waals surface area (Å²) in [6, 6.07) is 3.74. The number of nitrogens with zero attached hydrogens (tertiary/aromatic N) is 3. The van der Waals surface area contributed by atoms with Crippen LogP contribution < -0.4 is 11.1 Å². The Kier molecular flexibility index (Phi) is 9.31. The number of pyridine rings is 1. The van der Waals surface area contributed by atoms with E-state index in [1.54, 1.807) is 18.0 Å². The van der Waals surface area contributed by atoms with Crippen molar-refractivity contribution >= 4 is 23.5 Å². The summed E-state index contributed by atoms with van der Waals surface area (Å²) in [5.41, 5.74) is 7.91. The van der Waals surface area contributed by atoms with E-state index in [1.807, 2.05) is 58.4 Å². The van der Waals surface area contributed by atoms with Crippen molar-refractivity contribution in [3.05, 3.63) is 29.7 Å². The van der Waals surface area contributed by atoms with E-state index in [-0.39, 0.29) is 0 Å². The van der Waals surface area contributed by atoms with Gasteiger partial charge in [-0.2, -0.15) is 5.10 Å². The first-order valence-electron chi connectivity index (χ1n) is 9.62. The molecule has 3 N–H and O–H groups in total. The quantitative estimate of drug-likeness (QED) is 0.735. The molecule has 0 spiro atoms. The smallest absolute Gasteiger partial charge is 0.407 e. The van der Waals surface area contributed by atoms with Gasteiger partial charge >= 0.3 is 6.09 Å². The minimum Gasteiger partial charge on any atom is -0.444 e. The lowest BCUT2D eigenvalue weighted by Gasteiger charge is -2.19. The van der Waals surface area contributed by atoms with Crippen LogP contribution in [0.1, 0.15) is 52.9 Å². The van der Waals surface area contributed by atoms with E-state index in [4.69, 9.17) is 10.5 Å². The van der Waals surface area contributed by atoms with Gasteiger partial charge in [-0.25, -0.2) is 9.78 Å². The molecule has 0 bridgehead atoms. The summed E-state index contributed by atoms with van der Waals surface area (Å²) >= 11 is 1.58. The first-order valence-corrected chi connectivity index (χ1v) is 10.4. The maximum Gasteiger partial charge on any atom is 0.407 e. The van der Waals surface area contributed by atoms with Crippen molar-refractivity contribution in [2.45, 2.75) is 77.0 Å². The molecule has 2 heterocycles. The van der Waals surface area contributed by atoms with Gasteiger partial charge in [0.15, 0.2) is 0 Å². The molecule has 8 heteroatoms. The van der Waals surface area contributed by atoms with Crippen molar-refractivity contribution in [3.8, 4) is 0 Å². The number of nitrogens with one attached hydrogen (secondary N) is 1. The molecule has 0 aliphatic heterocycles. The van der Waals surface area contributed by atoms with Gasteiger partial charge in [-0.1, -0.05) is 32.5 Å². The lowest BCUT2D eigenvalue weighted by atomic mass is 10.2. The third-order valence-corrected chi connectivity index (χ3v) is 4.70. The van der Waals surface area contributed by atoms with E-state index >= 15 is 0 Å². The number of hydrogen-bond acceptors (Lipinski definition) is 6. The van der Waals surface area contributed by atoms with Crippen LogP contribution in [0.5, 0.6) is 0 Å². The van der Waals surface area contributed by atoms with E-state index < -0.39 is 11.7 Å². The van der Waals surface area contributed by atoms with Crippen molar-refractivity contribution in [2.75, 3.05) is 12.3 Å². The molecule has 0 saturated carbocycles. The Morgan fingerprint density at radius 3 is 2.54 bits per heavy atom. The third-order valence-electron chi connectivity index (χ3n) is 3.51. The molecule has 2 aromatic rings. The summed E-state index contributed by atoms with van der Waals surface area (Å²) in [5, 5.41) is 8.31. The van der Waals surface area contributed by atoms with Crippen LogP contribution >= 0.6 is 11.8 Å². The molecule has 0 aromatic carbocycles.